The van der Waals surface area contributed by atoms with E-state index in [1.807, 2.05) is 20.8 Å². The topological polar surface area (TPSA) is 82.6 Å². The number of carbonyl (C=O) groups is 1. The molecule has 0 saturated carbocycles. The quantitative estimate of drug-likeness (QED) is 0.617. The van der Waals surface area contributed by atoms with Crippen molar-refractivity contribution in [2.75, 3.05) is 26.2 Å². The number of nitrogens with one attached hydrogen (secondary N) is 1. The van der Waals surface area contributed by atoms with Crippen molar-refractivity contribution in [1.82, 2.24) is 19.5 Å². The zero-order valence-electron chi connectivity index (χ0n) is 18.5. The van der Waals surface area contributed by atoms with Gasteiger partial charge in [0.05, 0.1) is 15.6 Å². The Hall–Kier alpha value is -1.81. The van der Waals surface area contributed by atoms with E-state index in [4.69, 9.17) is 0 Å². The molecule has 0 radical (unpaired) electrons. The maximum Gasteiger partial charge on any atom is 0.243 e. The molecule has 0 unspecified atom stereocenters. The van der Waals surface area contributed by atoms with E-state index >= 15 is 0 Å². The van der Waals surface area contributed by atoms with Gasteiger partial charge in [0.1, 0.15) is 0 Å². The highest BCUT2D eigenvalue weighted by atomic mass is 32.2. The summed E-state index contributed by atoms with van der Waals surface area (Å²) in [5.74, 6) is 0.0970. The van der Waals surface area contributed by atoms with E-state index in [0.29, 0.717) is 19.6 Å². The van der Waals surface area contributed by atoms with Crippen LogP contribution in [0.3, 0.4) is 0 Å². The van der Waals surface area contributed by atoms with Crippen LogP contribution in [0, 0.1) is 12.8 Å². The van der Waals surface area contributed by atoms with Crippen molar-refractivity contribution in [2.24, 2.45) is 5.92 Å². The monoisotopic (exact) mass is 464 g/mol. The van der Waals surface area contributed by atoms with Gasteiger partial charge >= 0.3 is 0 Å². The molecule has 31 heavy (non-hydrogen) atoms. The molecule has 1 aromatic heterocycles. The summed E-state index contributed by atoms with van der Waals surface area (Å²) in [6, 6.07) is 6.78. The van der Waals surface area contributed by atoms with Crippen LogP contribution >= 0.6 is 11.3 Å². The third-order valence-electron chi connectivity index (χ3n) is 5.74. The Labute approximate surface area is 189 Å². The van der Waals surface area contributed by atoms with E-state index in [-0.39, 0.29) is 16.7 Å². The number of carbonyl (C=O) groups excluding carboxylic acids is 1. The lowest BCUT2D eigenvalue weighted by Crippen LogP contribution is -2.40. The van der Waals surface area contributed by atoms with Crippen LogP contribution in [-0.2, 0) is 27.9 Å². The first-order chi connectivity index (χ1) is 14.8. The number of amides is 1. The van der Waals surface area contributed by atoms with Gasteiger partial charge < -0.3 is 5.32 Å². The fourth-order valence-corrected chi connectivity index (χ4v) is 5.95. The standard InChI is InChI=1S/C22H32N4O3S2/c1-4-26(5-2)31(28,29)21-8-6-18(7-9-21)14-23-22(27)19-10-12-25(13-11-19)15-20-16-30-17(3)24-20/h6-9,16,19H,4-5,10-15H2,1-3H3,(H,23,27). The molecule has 1 N–H and O–H groups in total. The first-order valence-corrected chi connectivity index (χ1v) is 13.2. The lowest BCUT2D eigenvalue weighted by Gasteiger charge is -2.30. The molecule has 9 heteroatoms. The summed E-state index contributed by atoms with van der Waals surface area (Å²) in [5, 5.41) is 6.20. The van der Waals surface area contributed by atoms with E-state index in [9.17, 15) is 13.2 Å². The van der Waals surface area contributed by atoms with Gasteiger partial charge in [-0.15, -0.1) is 11.3 Å². The van der Waals surface area contributed by atoms with Gasteiger partial charge in [0.15, 0.2) is 0 Å². The fraction of sp³-hybridized carbons (Fsp3) is 0.545. The van der Waals surface area contributed by atoms with Gasteiger partial charge in [-0.25, -0.2) is 13.4 Å². The van der Waals surface area contributed by atoms with Gasteiger partial charge in [-0.05, 0) is 50.6 Å². The minimum Gasteiger partial charge on any atom is -0.352 e. The van der Waals surface area contributed by atoms with Crippen molar-refractivity contribution < 1.29 is 13.2 Å². The van der Waals surface area contributed by atoms with E-state index in [0.717, 1.165) is 48.7 Å². The van der Waals surface area contributed by atoms with Crippen LogP contribution in [0.2, 0.25) is 0 Å². The smallest absolute Gasteiger partial charge is 0.243 e. The maximum absolute atomic E-state index is 12.6. The number of nitrogens with zero attached hydrogens (tertiary/aromatic N) is 3. The van der Waals surface area contributed by atoms with Gasteiger partial charge in [-0.2, -0.15) is 4.31 Å². The van der Waals surface area contributed by atoms with Crippen LogP contribution < -0.4 is 5.32 Å². The Morgan fingerprint density at radius 2 is 1.84 bits per heavy atom. The van der Waals surface area contributed by atoms with Crippen LogP contribution in [0.1, 0.15) is 43.0 Å². The number of aromatic nitrogens is 1. The zero-order valence-corrected chi connectivity index (χ0v) is 20.1. The summed E-state index contributed by atoms with van der Waals surface area (Å²) in [7, 11) is -3.46. The average molecular weight is 465 g/mol. The predicted octanol–water partition coefficient (Wildman–Crippen LogP) is 3.01. The molecule has 1 amide bonds. The summed E-state index contributed by atoms with van der Waals surface area (Å²) in [6.45, 7) is 9.61. The molecular formula is C22H32N4O3S2. The highest BCUT2D eigenvalue weighted by Gasteiger charge is 2.25. The van der Waals surface area contributed by atoms with Crippen molar-refractivity contribution in [3.05, 3.63) is 45.9 Å². The van der Waals surface area contributed by atoms with Crippen molar-refractivity contribution in [3.8, 4) is 0 Å². The van der Waals surface area contributed by atoms with Crippen molar-refractivity contribution in [3.63, 3.8) is 0 Å². The molecule has 1 aliphatic rings. The Morgan fingerprint density at radius 1 is 1.19 bits per heavy atom. The SMILES string of the molecule is CCN(CC)S(=O)(=O)c1ccc(CNC(=O)C2CCN(Cc3csc(C)n3)CC2)cc1. The number of hydrogen-bond donors (Lipinski definition) is 1. The first kappa shape index (κ1) is 23.8. The van der Waals surface area contributed by atoms with Gasteiger partial charge in [-0.1, -0.05) is 26.0 Å². The lowest BCUT2D eigenvalue weighted by atomic mass is 9.95. The van der Waals surface area contributed by atoms with E-state index in [1.54, 1.807) is 35.6 Å². The molecule has 3 rings (SSSR count). The van der Waals surface area contributed by atoms with Gasteiger partial charge in [-0.3, -0.25) is 9.69 Å². The van der Waals surface area contributed by atoms with Crippen LogP contribution in [0.4, 0.5) is 0 Å². The largest absolute Gasteiger partial charge is 0.352 e. The maximum atomic E-state index is 12.6. The third-order valence-corrected chi connectivity index (χ3v) is 8.63. The minimum absolute atomic E-state index is 0.0238. The average Bonchev–Trinajstić information content (AvgIpc) is 3.18. The second kappa shape index (κ2) is 10.7. The summed E-state index contributed by atoms with van der Waals surface area (Å²) >= 11 is 1.67. The second-order valence-electron chi connectivity index (χ2n) is 7.86. The van der Waals surface area contributed by atoms with Crippen LogP contribution in [-0.4, -0.2) is 54.7 Å². The van der Waals surface area contributed by atoms with Crippen LogP contribution in [0.5, 0.6) is 0 Å². The molecule has 0 spiro atoms. The van der Waals surface area contributed by atoms with Crippen molar-refractivity contribution in [1.29, 1.82) is 0 Å². The Balaban J connectivity index is 1.46. The molecule has 0 atom stereocenters. The molecule has 0 bridgehead atoms. The Bertz CT molecular complexity index is 961. The fourth-order valence-electron chi connectivity index (χ4n) is 3.89. The van der Waals surface area contributed by atoms with E-state index < -0.39 is 10.0 Å². The number of benzene rings is 1. The molecule has 1 aromatic carbocycles. The molecule has 170 valence electrons. The lowest BCUT2D eigenvalue weighted by molar-refractivity contribution is -0.126. The number of sulfonamides is 1. The number of likely N-dealkylation sites (tertiary alicyclic amines) is 1. The number of aryl methyl sites for hydroxylation is 1. The highest BCUT2D eigenvalue weighted by Crippen LogP contribution is 2.21. The summed E-state index contributed by atoms with van der Waals surface area (Å²) < 4.78 is 26.6. The zero-order chi connectivity index (χ0) is 22.4. The molecule has 1 fully saturated rings. The summed E-state index contributed by atoms with van der Waals surface area (Å²) in [4.78, 5) is 19.8. The van der Waals surface area contributed by atoms with E-state index in [2.05, 4.69) is 20.6 Å². The summed E-state index contributed by atoms with van der Waals surface area (Å²) in [5.41, 5.74) is 2.00. The van der Waals surface area contributed by atoms with Crippen molar-refractivity contribution >= 4 is 27.3 Å². The molecule has 2 aromatic rings. The van der Waals surface area contributed by atoms with Gasteiger partial charge in [0, 0.05) is 37.5 Å². The number of thiazole rings is 1. The number of hydrogen-bond acceptors (Lipinski definition) is 6. The molecule has 7 nitrogen and oxygen atoms in total. The highest BCUT2D eigenvalue weighted by molar-refractivity contribution is 7.89. The Morgan fingerprint density at radius 3 is 2.39 bits per heavy atom. The minimum atomic E-state index is -3.46. The van der Waals surface area contributed by atoms with Gasteiger partial charge in [0.2, 0.25) is 15.9 Å². The normalized spacial score (nSPS) is 16.0. The summed E-state index contributed by atoms with van der Waals surface area (Å²) in [6.07, 6.45) is 1.69. The number of piperidine rings is 1. The first-order valence-electron chi connectivity index (χ1n) is 10.8. The predicted molar refractivity (Wildman–Crippen MR) is 123 cm³/mol. The second-order valence-corrected chi connectivity index (χ2v) is 10.9. The van der Waals surface area contributed by atoms with Crippen molar-refractivity contribution in [2.45, 2.75) is 51.6 Å². The molecule has 1 aliphatic heterocycles. The molecule has 1 saturated heterocycles. The molecular weight excluding hydrogens is 432 g/mol. The van der Waals surface area contributed by atoms with Crippen LogP contribution in [0.25, 0.3) is 0 Å². The number of rotatable bonds is 9. The Kier molecular flexibility index (Phi) is 8.21. The molecule has 0 aliphatic carbocycles. The van der Waals surface area contributed by atoms with E-state index in [1.165, 1.54) is 4.31 Å². The van der Waals surface area contributed by atoms with Gasteiger partial charge in [0.25, 0.3) is 0 Å². The third kappa shape index (κ3) is 6.12. The molecule has 2 heterocycles. The van der Waals surface area contributed by atoms with Crippen LogP contribution in [0.15, 0.2) is 34.5 Å².